The molecule has 0 saturated carbocycles. The van der Waals surface area contributed by atoms with Gasteiger partial charge in [-0.2, -0.15) is 0 Å². The second-order valence-electron chi connectivity index (χ2n) is 3.82. The van der Waals surface area contributed by atoms with E-state index < -0.39 is 0 Å². The lowest BCUT2D eigenvalue weighted by atomic mass is 10.1. The summed E-state index contributed by atoms with van der Waals surface area (Å²) in [6, 6.07) is 4.86. The van der Waals surface area contributed by atoms with Crippen LogP contribution in [0.3, 0.4) is 0 Å². The van der Waals surface area contributed by atoms with Crippen molar-refractivity contribution in [1.82, 2.24) is 15.3 Å². The summed E-state index contributed by atoms with van der Waals surface area (Å²) in [4.78, 5) is 20.0. The summed E-state index contributed by atoms with van der Waals surface area (Å²) < 4.78 is 0. The molecule has 0 saturated heterocycles. The van der Waals surface area contributed by atoms with Crippen LogP contribution in [0.15, 0.2) is 30.6 Å². The maximum Gasteiger partial charge on any atom is 0.251 e. The first kappa shape index (κ1) is 11.5. The van der Waals surface area contributed by atoms with Gasteiger partial charge in [0.2, 0.25) is 0 Å². The molecule has 5 heteroatoms. The van der Waals surface area contributed by atoms with E-state index in [9.17, 15) is 4.79 Å². The summed E-state index contributed by atoms with van der Waals surface area (Å²) in [7, 11) is 0. The van der Waals surface area contributed by atoms with E-state index in [4.69, 9.17) is 5.11 Å². The van der Waals surface area contributed by atoms with E-state index >= 15 is 0 Å². The lowest BCUT2D eigenvalue weighted by Gasteiger charge is -2.10. The smallest absolute Gasteiger partial charge is 0.251 e. The summed E-state index contributed by atoms with van der Waals surface area (Å²) in [5, 5.41) is 11.5. The second kappa shape index (κ2) is 4.88. The highest BCUT2D eigenvalue weighted by Crippen LogP contribution is 2.10. The van der Waals surface area contributed by atoms with Crippen LogP contribution in [0, 0.1) is 0 Å². The summed E-state index contributed by atoms with van der Waals surface area (Å²) in [5.41, 5.74) is 1.94. The molecule has 1 amide bonds. The van der Waals surface area contributed by atoms with Gasteiger partial charge in [0.25, 0.3) is 5.91 Å². The van der Waals surface area contributed by atoms with Crippen molar-refractivity contribution in [2.75, 3.05) is 6.61 Å². The van der Waals surface area contributed by atoms with Gasteiger partial charge in [-0.25, -0.2) is 0 Å². The van der Waals surface area contributed by atoms with Crippen LogP contribution in [0.5, 0.6) is 0 Å². The molecule has 88 valence electrons. The Kier molecular flexibility index (Phi) is 3.30. The number of benzene rings is 1. The largest absolute Gasteiger partial charge is 0.394 e. The molecule has 0 aliphatic heterocycles. The molecular weight excluding hydrogens is 218 g/mol. The normalized spacial score (nSPS) is 12.4. The fourth-order valence-corrected chi connectivity index (χ4v) is 1.46. The van der Waals surface area contributed by atoms with Crippen molar-refractivity contribution in [3.63, 3.8) is 0 Å². The molecule has 2 rings (SSSR count). The van der Waals surface area contributed by atoms with Crippen LogP contribution in [0.1, 0.15) is 17.3 Å². The molecule has 1 aromatic heterocycles. The summed E-state index contributed by atoms with van der Waals surface area (Å²) >= 11 is 0. The number of hydrogen-bond acceptors (Lipinski definition) is 4. The fourth-order valence-electron chi connectivity index (χ4n) is 1.46. The first-order valence-electron chi connectivity index (χ1n) is 5.33. The van der Waals surface area contributed by atoms with E-state index in [0.29, 0.717) is 11.1 Å². The topological polar surface area (TPSA) is 75.1 Å². The highest BCUT2D eigenvalue weighted by Gasteiger charge is 2.09. The second-order valence-corrected chi connectivity index (χ2v) is 3.82. The minimum Gasteiger partial charge on any atom is -0.394 e. The van der Waals surface area contributed by atoms with Gasteiger partial charge in [-0.1, -0.05) is 0 Å². The third kappa shape index (κ3) is 2.57. The Hall–Kier alpha value is -2.01. The van der Waals surface area contributed by atoms with E-state index in [-0.39, 0.29) is 18.6 Å². The molecule has 17 heavy (non-hydrogen) atoms. The number of amides is 1. The molecule has 1 heterocycles. The lowest BCUT2D eigenvalue weighted by Crippen LogP contribution is -2.34. The maximum absolute atomic E-state index is 11.8. The fraction of sp³-hybridized carbons (Fsp3) is 0.250. The SMILES string of the molecule is C[C@H](CO)NC(=O)c1ccc2nccnc2c1. The molecule has 2 aromatic rings. The van der Waals surface area contributed by atoms with Crippen LogP contribution in [-0.4, -0.2) is 33.6 Å². The lowest BCUT2D eigenvalue weighted by molar-refractivity contribution is 0.0922. The number of carbonyl (C=O) groups excluding carboxylic acids is 1. The van der Waals surface area contributed by atoms with Crippen molar-refractivity contribution in [2.24, 2.45) is 0 Å². The zero-order valence-electron chi connectivity index (χ0n) is 9.42. The molecule has 0 spiro atoms. The van der Waals surface area contributed by atoms with E-state index in [1.54, 1.807) is 37.5 Å². The first-order chi connectivity index (χ1) is 8.20. The van der Waals surface area contributed by atoms with Crippen molar-refractivity contribution in [3.05, 3.63) is 36.2 Å². The molecule has 2 N–H and O–H groups in total. The van der Waals surface area contributed by atoms with Gasteiger partial charge in [0, 0.05) is 24.0 Å². The van der Waals surface area contributed by atoms with Crippen LogP contribution in [0.25, 0.3) is 11.0 Å². The highest BCUT2D eigenvalue weighted by molar-refractivity contribution is 5.97. The van der Waals surface area contributed by atoms with Gasteiger partial charge in [-0.05, 0) is 25.1 Å². The number of hydrogen-bond donors (Lipinski definition) is 2. The third-order valence-corrected chi connectivity index (χ3v) is 2.38. The summed E-state index contributed by atoms with van der Waals surface area (Å²) in [6.45, 7) is 1.65. The molecule has 0 aliphatic rings. The number of aromatic nitrogens is 2. The van der Waals surface area contributed by atoms with Gasteiger partial charge in [-0.3, -0.25) is 14.8 Å². The Morgan fingerprint density at radius 3 is 2.76 bits per heavy atom. The van der Waals surface area contributed by atoms with Gasteiger partial charge in [0.15, 0.2) is 0 Å². The van der Waals surface area contributed by atoms with Crippen molar-refractivity contribution in [2.45, 2.75) is 13.0 Å². The number of nitrogens with zero attached hydrogens (tertiary/aromatic N) is 2. The molecule has 1 atom stereocenters. The Balaban J connectivity index is 2.27. The van der Waals surface area contributed by atoms with Gasteiger partial charge >= 0.3 is 0 Å². The van der Waals surface area contributed by atoms with Gasteiger partial charge in [0.05, 0.1) is 17.6 Å². The number of rotatable bonds is 3. The van der Waals surface area contributed by atoms with Crippen molar-refractivity contribution in [3.8, 4) is 0 Å². The molecule has 0 bridgehead atoms. The van der Waals surface area contributed by atoms with Crippen LogP contribution in [0.4, 0.5) is 0 Å². The van der Waals surface area contributed by atoms with E-state index in [1.807, 2.05) is 0 Å². The predicted molar refractivity (Wildman–Crippen MR) is 63.6 cm³/mol. The molecule has 0 unspecified atom stereocenters. The van der Waals surface area contributed by atoms with Gasteiger partial charge in [-0.15, -0.1) is 0 Å². The Morgan fingerprint density at radius 2 is 2.06 bits per heavy atom. The number of aliphatic hydroxyl groups is 1. The van der Waals surface area contributed by atoms with E-state index in [2.05, 4.69) is 15.3 Å². The minimum atomic E-state index is -0.264. The first-order valence-corrected chi connectivity index (χ1v) is 5.33. The molecule has 5 nitrogen and oxygen atoms in total. The zero-order valence-corrected chi connectivity index (χ0v) is 9.42. The van der Waals surface area contributed by atoms with Crippen LogP contribution < -0.4 is 5.32 Å². The number of carbonyl (C=O) groups is 1. The molecular formula is C12H13N3O2. The minimum absolute atomic E-state index is 0.0842. The summed E-state index contributed by atoms with van der Waals surface area (Å²) in [6.07, 6.45) is 3.19. The van der Waals surface area contributed by atoms with Gasteiger partial charge < -0.3 is 10.4 Å². The van der Waals surface area contributed by atoms with E-state index in [1.165, 1.54) is 0 Å². The van der Waals surface area contributed by atoms with Crippen molar-refractivity contribution < 1.29 is 9.90 Å². The van der Waals surface area contributed by atoms with Gasteiger partial charge in [0.1, 0.15) is 0 Å². The Morgan fingerprint density at radius 1 is 1.35 bits per heavy atom. The Bertz CT molecular complexity index is 542. The Labute approximate surface area is 98.5 Å². The molecule has 0 aliphatic carbocycles. The molecule has 1 aromatic carbocycles. The van der Waals surface area contributed by atoms with Crippen LogP contribution in [-0.2, 0) is 0 Å². The third-order valence-electron chi connectivity index (χ3n) is 2.38. The standard InChI is InChI=1S/C12H13N3O2/c1-8(7-16)15-12(17)9-2-3-10-11(6-9)14-5-4-13-10/h2-6,8,16H,7H2,1H3,(H,15,17)/t8-/m1/s1. The maximum atomic E-state index is 11.8. The van der Waals surface area contributed by atoms with E-state index in [0.717, 1.165) is 5.52 Å². The quantitative estimate of drug-likeness (QED) is 0.817. The molecule has 0 fully saturated rings. The van der Waals surface area contributed by atoms with Crippen molar-refractivity contribution >= 4 is 16.9 Å². The number of aliphatic hydroxyl groups excluding tert-OH is 1. The number of nitrogens with one attached hydrogen (secondary N) is 1. The average Bonchev–Trinajstić information content (AvgIpc) is 2.38. The monoisotopic (exact) mass is 231 g/mol. The van der Waals surface area contributed by atoms with Crippen LogP contribution in [0.2, 0.25) is 0 Å². The highest BCUT2D eigenvalue weighted by atomic mass is 16.3. The number of fused-ring (bicyclic) bond motifs is 1. The zero-order chi connectivity index (χ0) is 12.3. The van der Waals surface area contributed by atoms with Crippen LogP contribution >= 0.6 is 0 Å². The molecule has 0 radical (unpaired) electrons. The van der Waals surface area contributed by atoms with Crippen molar-refractivity contribution in [1.29, 1.82) is 0 Å². The summed E-state index contributed by atoms with van der Waals surface area (Å²) in [5.74, 6) is -0.223. The predicted octanol–water partition coefficient (Wildman–Crippen LogP) is 0.740. The average molecular weight is 231 g/mol.